The average molecular weight is 316 g/mol. The van der Waals surface area contributed by atoms with Crippen LogP contribution in [0.1, 0.15) is 22.0 Å². The van der Waals surface area contributed by atoms with E-state index in [0.717, 1.165) is 16.7 Å². The van der Waals surface area contributed by atoms with Crippen LogP contribution >= 0.6 is 0 Å². The van der Waals surface area contributed by atoms with Crippen LogP contribution in [0.25, 0.3) is 11.1 Å². The fourth-order valence-electron chi connectivity index (χ4n) is 2.85. The molecular weight excluding hydrogens is 300 g/mol. The number of Topliss-reactive ketones (excluding diaryl/α,β-unsaturated/α-hetero) is 1. The zero-order chi connectivity index (χ0) is 16.5. The van der Waals surface area contributed by atoms with Crippen molar-refractivity contribution in [2.45, 2.75) is 12.2 Å². The van der Waals surface area contributed by atoms with Crippen LogP contribution < -0.4 is 0 Å². The lowest BCUT2D eigenvalue weighted by Crippen LogP contribution is -2.08. The Bertz CT molecular complexity index is 852. The van der Waals surface area contributed by atoms with E-state index in [9.17, 15) is 9.90 Å². The van der Waals surface area contributed by atoms with Crippen LogP contribution in [0.3, 0.4) is 0 Å². The maximum atomic E-state index is 12.5. The molecule has 1 aliphatic heterocycles. The molecule has 0 aliphatic carbocycles. The first-order valence-corrected chi connectivity index (χ1v) is 7.86. The summed E-state index contributed by atoms with van der Waals surface area (Å²) in [6, 6.07) is 24.4. The number of ketones is 1. The molecule has 3 aromatic rings. The number of hydrogen-bond acceptors (Lipinski definition) is 3. The molecular formula is C21H16O3. The summed E-state index contributed by atoms with van der Waals surface area (Å²) >= 11 is 0. The number of epoxide rings is 1. The Morgan fingerprint density at radius 2 is 1.42 bits per heavy atom. The summed E-state index contributed by atoms with van der Waals surface area (Å²) in [7, 11) is 0. The molecule has 1 aliphatic rings. The van der Waals surface area contributed by atoms with Crippen molar-refractivity contribution in [3.8, 4) is 16.9 Å². The maximum Gasteiger partial charge on any atom is 0.194 e. The number of hydrogen-bond donors (Lipinski definition) is 1. The normalized spacial score (nSPS) is 19.0. The minimum atomic E-state index is -0.433. The quantitative estimate of drug-likeness (QED) is 0.574. The van der Waals surface area contributed by atoms with E-state index < -0.39 is 6.10 Å². The maximum absolute atomic E-state index is 12.5. The third-order valence-corrected chi connectivity index (χ3v) is 4.25. The molecule has 3 heteroatoms. The lowest BCUT2D eigenvalue weighted by atomic mass is 9.99. The van der Waals surface area contributed by atoms with Crippen LogP contribution in [0.15, 0.2) is 78.9 Å². The van der Waals surface area contributed by atoms with Crippen molar-refractivity contribution in [2.24, 2.45) is 0 Å². The number of aromatic hydroxyl groups is 1. The zero-order valence-electron chi connectivity index (χ0n) is 12.9. The van der Waals surface area contributed by atoms with Gasteiger partial charge in [0.25, 0.3) is 0 Å². The largest absolute Gasteiger partial charge is 0.508 e. The van der Waals surface area contributed by atoms with E-state index in [0.29, 0.717) is 5.56 Å². The highest BCUT2D eigenvalue weighted by atomic mass is 16.6. The highest BCUT2D eigenvalue weighted by Gasteiger charge is 2.46. The SMILES string of the molecule is O=C(c1ccc(-c2ccccc2)cc1)[C@H]1O[C@@H]1c1ccc(O)cc1. The summed E-state index contributed by atoms with van der Waals surface area (Å²) in [5.41, 5.74) is 3.77. The van der Waals surface area contributed by atoms with Crippen LogP contribution in [-0.4, -0.2) is 17.0 Å². The van der Waals surface area contributed by atoms with E-state index in [-0.39, 0.29) is 17.6 Å². The fourth-order valence-corrected chi connectivity index (χ4v) is 2.85. The first kappa shape index (κ1) is 14.7. The average Bonchev–Trinajstić information content (AvgIpc) is 3.43. The summed E-state index contributed by atoms with van der Waals surface area (Å²) in [5, 5.41) is 9.32. The van der Waals surface area contributed by atoms with Crippen LogP contribution in [0.2, 0.25) is 0 Å². The molecule has 1 saturated heterocycles. The highest BCUT2D eigenvalue weighted by Crippen LogP contribution is 2.41. The highest BCUT2D eigenvalue weighted by molar-refractivity contribution is 6.01. The van der Waals surface area contributed by atoms with Gasteiger partial charge in [-0.3, -0.25) is 4.79 Å². The third-order valence-electron chi connectivity index (χ3n) is 4.25. The molecule has 2 atom stereocenters. The summed E-state index contributed by atoms with van der Waals surface area (Å²) < 4.78 is 5.54. The van der Waals surface area contributed by atoms with E-state index in [1.807, 2.05) is 54.6 Å². The van der Waals surface area contributed by atoms with Gasteiger partial charge in [0.2, 0.25) is 0 Å². The Hall–Kier alpha value is -2.91. The molecule has 1 N–H and O–H groups in total. The Morgan fingerprint density at radius 3 is 2.08 bits per heavy atom. The van der Waals surface area contributed by atoms with Crippen molar-refractivity contribution in [3.63, 3.8) is 0 Å². The summed E-state index contributed by atoms with van der Waals surface area (Å²) in [5.74, 6) is 0.200. The van der Waals surface area contributed by atoms with Crippen LogP contribution in [0.5, 0.6) is 5.75 Å². The molecule has 1 fully saturated rings. The lowest BCUT2D eigenvalue weighted by molar-refractivity contribution is 0.0953. The fraction of sp³-hybridized carbons (Fsp3) is 0.0952. The Morgan fingerprint density at radius 1 is 0.792 bits per heavy atom. The van der Waals surface area contributed by atoms with Crippen molar-refractivity contribution < 1.29 is 14.6 Å². The van der Waals surface area contributed by atoms with Gasteiger partial charge in [-0.1, -0.05) is 66.7 Å². The van der Waals surface area contributed by atoms with Gasteiger partial charge in [0.15, 0.2) is 11.9 Å². The van der Waals surface area contributed by atoms with E-state index in [1.54, 1.807) is 24.3 Å². The van der Waals surface area contributed by atoms with Gasteiger partial charge in [-0.15, -0.1) is 0 Å². The molecule has 0 amide bonds. The van der Waals surface area contributed by atoms with E-state index in [2.05, 4.69) is 0 Å². The molecule has 118 valence electrons. The topological polar surface area (TPSA) is 49.8 Å². The monoisotopic (exact) mass is 316 g/mol. The van der Waals surface area contributed by atoms with Gasteiger partial charge in [0.05, 0.1) is 0 Å². The van der Waals surface area contributed by atoms with E-state index in [1.165, 1.54) is 0 Å². The van der Waals surface area contributed by atoms with Gasteiger partial charge in [-0.25, -0.2) is 0 Å². The number of benzene rings is 3. The second-order valence-electron chi connectivity index (χ2n) is 5.88. The first-order chi connectivity index (χ1) is 11.7. The van der Waals surface area contributed by atoms with Gasteiger partial charge in [-0.05, 0) is 28.8 Å². The molecule has 0 aromatic heterocycles. The van der Waals surface area contributed by atoms with Crippen LogP contribution in [-0.2, 0) is 4.74 Å². The Kier molecular flexibility index (Phi) is 3.63. The molecule has 0 unspecified atom stereocenters. The zero-order valence-corrected chi connectivity index (χ0v) is 12.9. The lowest BCUT2D eigenvalue weighted by Gasteiger charge is -2.03. The molecule has 24 heavy (non-hydrogen) atoms. The van der Waals surface area contributed by atoms with Gasteiger partial charge in [-0.2, -0.15) is 0 Å². The van der Waals surface area contributed by atoms with E-state index in [4.69, 9.17) is 4.74 Å². The molecule has 0 radical (unpaired) electrons. The first-order valence-electron chi connectivity index (χ1n) is 7.86. The Labute approximate surface area is 140 Å². The minimum Gasteiger partial charge on any atom is -0.508 e. The van der Waals surface area contributed by atoms with Gasteiger partial charge in [0.1, 0.15) is 11.9 Å². The molecule has 0 saturated carbocycles. The molecule has 0 bridgehead atoms. The predicted molar refractivity (Wildman–Crippen MR) is 91.9 cm³/mol. The second-order valence-corrected chi connectivity index (χ2v) is 5.88. The van der Waals surface area contributed by atoms with Crippen molar-refractivity contribution >= 4 is 5.78 Å². The standard InChI is InChI=1S/C21H16O3/c22-18-12-10-17(11-13-18)20-21(24-20)19(23)16-8-6-15(7-9-16)14-4-2-1-3-5-14/h1-13,20-22H/t20-,21-/m1/s1. The van der Waals surface area contributed by atoms with Crippen LogP contribution in [0, 0.1) is 0 Å². The van der Waals surface area contributed by atoms with Crippen molar-refractivity contribution in [2.75, 3.05) is 0 Å². The number of phenolic OH excluding ortho intramolecular Hbond substituents is 1. The smallest absolute Gasteiger partial charge is 0.194 e. The van der Waals surface area contributed by atoms with Crippen molar-refractivity contribution in [1.29, 1.82) is 0 Å². The number of rotatable bonds is 4. The Balaban J connectivity index is 1.49. The molecule has 1 heterocycles. The minimum absolute atomic E-state index is 0.00677. The molecule has 4 rings (SSSR count). The number of carbonyl (C=O) groups excluding carboxylic acids is 1. The van der Waals surface area contributed by atoms with Crippen molar-refractivity contribution in [3.05, 3.63) is 90.0 Å². The second kappa shape index (κ2) is 5.95. The summed E-state index contributed by atoms with van der Waals surface area (Å²) in [6.45, 7) is 0. The van der Waals surface area contributed by atoms with Gasteiger partial charge >= 0.3 is 0 Å². The predicted octanol–water partition coefficient (Wildman–Crippen LogP) is 4.38. The number of phenols is 1. The van der Waals surface area contributed by atoms with Gasteiger partial charge in [0, 0.05) is 5.56 Å². The molecule has 3 aromatic carbocycles. The number of ether oxygens (including phenoxy) is 1. The summed E-state index contributed by atoms with van der Waals surface area (Å²) in [6.07, 6.45) is -0.649. The van der Waals surface area contributed by atoms with E-state index >= 15 is 0 Å². The number of carbonyl (C=O) groups is 1. The third kappa shape index (κ3) is 2.82. The summed E-state index contributed by atoms with van der Waals surface area (Å²) in [4.78, 5) is 12.5. The van der Waals surface area contributed by atoms with Crippen molar-refractivity contribution in [1.82, 2.24) is 0 Å². The van der Waals surface area contributed by atoms with Gasteiger partial charge < -0.3 is 9.84 Å². The molecule has 3 nitrogen and oxygen atoms in total. The van der Waals surface area contributed by atoms with Crippen LogP contribution in [0.4, 0.5) is 0 Å². The molecule has 0 spiro atoms.